The third-order valence-corrected chi connectivity index (χ3v) is 7.45. The minimum absolute atomic E-state index is 0.0426. The molecule has 1 aromatic carbocycles. The normalized spacial score (nSPS) is 28.5. The molecule has 3 aliphatic rings. The molecule has 8 heteroatoms. The summed E-state index contributed by atoms with van der Waals surface area (Å²) < 4.78 is 23.1. The van der Waals surface area contributed by atoms with Crippen LogP contribution >= 0.6 is 0 Å². The van der Waals surface area contributed by atoms with Crippen molar-refractivity contribution >= 4 is 23.9 Å². The molecule has 4 unspecified atom stereocenters. The second kappa shape index (κ2) is 8.10. The Kier molecular flexibility index (Phi) is 5.77. The molecular weight excluding hydrogens is 440 g/mol. The Hall–Kier alpha value is -2.90. The van der Waals surface area contributed by atoms with Gasteiger partial charge in [0.15, 0.2) is 17.6 Å². The number of carbonyl (C=O) groups is 4. The molecule has 1 aromatic rings. The Morgan fingerprint density at radius 1 is 1.00 bits per heavy atom. The number of fused-ring (bicyclic) bond motifs is 1. The zero-order valence-electron chi connectivity index (χ0n) is 20.8. The van der Waals surface area contributed by atoms with E-state index in [1.807, 2.05) is 19.9 Å². The first-order valence-electron chi connectivity index (χ1n) is 11.8. The van der Waals surface area contributed by atoms with Crippen LogP contribution in [0.1, 0.15) is 96.4 Å². The third-order valence-electron chi connectivity index (χ3n) is 7.45. The van der Waals surface area contributed by atoms with Crippen LogP contribution in [0.2, 0.25) is 0 Å². The monoisotopic (exact) mass is 472 g/mol. The summed E-state index contributed by atoms with van der Waals surface area (Å²) in [7, 11) is 0. The van der Waals surface area contributed by atoms with Crippen LogP contribution in [0.4, 0.5) is 0 Å². The van der Waals surface area contributed by atoms with Gasteiger partial charge in [0.2, 0.25) is 0 Å². The molecular formula is C26H32O8. The van der Waals surface area contributed by atoms with Gasteiger partial charge in [0, 0.05) is 43.4 Å². The summed E-state index contributed by atoms with van der Waals surface area (Å²) in [5.41, 5.74) is 0.186. The highest BCUT2D eigenvalue weighted by Gasteiger charge is 2.71. The molecule has 2 aliphatic carbocycles. The van der Waals surface area contributed by atoms with Gasteiger partial charge in [0.25, 0.3) is 0 Å². The van der Waals surface area contributed by atoms with Crippen LogP contribution in [0.3, 0.4) is 0 Å². The van der Waals surface area contributed by atoms with Gasteiger partial charge in [-0.05, 0) is 30.2 Å². The Bertz CT molecular complexity index is 1080. The van der Waals surface area contributed by atoms with Crippen LogP contribution in [0.5, 0.6) is 11.5 Å². The van der Waals surface area contributed by atoms with Crippen LogP contribution in [-0.4, -0.2) is 30.0 Å². The predicted octanol–water partition coefficient (Wildman–Crippen LogP) is 4.27. The zero-order chi connectivity index (χ0) is 25.2. The first kappa shape index (κ1) is 24.2. The molecule has 8 nitrogen and oxygen atoms in total. The molecule has 34 heavy (non-hydrogen) atoms. The molecule has 2 bridgehead atoms. The molecule has 0 aromatic heterocycles. The van der Waals surface area contributed by atoms with Crippen LogP contribution in [0.15, 0.2) is 6.07 Å². The third kappa shape index (κ3) is 3.49. The predicted molar refractivity (Wildman–Crippen MR) is 120 cm³/mol. The Balaban J connectivity index is 2.15. The van der Waals surface area contributed by atoms with E-state index in [1.54, 1.807) is 0 Å². The van der Waals surface area contributed by atoms with E-state index < -0.39 is 41.5 Å². The maximum atomic E-state index is 13.7. The molecule has 0 N–H and O–H groups in total. The van der Waals surface area contributed by atoms with Crippen molar-refractivity contribution in [2.24, 2.45) is 11.3 Å². The van der Waals surface area contributed by atoms with Gasteiger partial charge >= 0.3 is 23.9 Å². The van der Waals surface area contributed by atoms with Gasteiger partial charge in [0.1, 0.15) is 11.5 Å². The molecule has 2 fully saturated rings. The summed E-state index contributed by atoms with van der Waals surface area (Å²) in [5.74, 6) is -2.41. The van der Waals surface area contributed by atoms with E-state index in [2.05, 4.69) is 13.8 Å². The number of benzene rings is 1. The SMILES string of the molecule is CC(=O)Oc1c(C(C)C)cc2c(c1OC(C)=O)C13CCCC(C)(C)C1C(OC3=O)C2OC(C)=O. The molecule has 1 saturated carbocycles. The largest absolute Gasteiger partial charge is 0.457 e. The van der Waals surface area contributed by atoms with Crippen molar-refractivity contribution < 1.29 is 38.1 Å². The van der Waals surface area contributed by atoms with E-state index in [0.29, 0.717) is 23.1 Å². The van der Waals surface area contributed by atoms with Crippen LogP contribution in [0.25, 0.3) is 0 Å². The van der Waals surface area contributed by atoms with Gasteiger partial charge in [-0.25, -0.2) is 0 Å². The highest BCUT2D eigenvalue weighted by molar-refractivity contribution is 5.91. The highest BCUT2D eigenvalue weighted by atomic mass is 16.6. The second-order valence-electron chi connectivity index (χ2n) is 10.6. The topological polar surface area (TPSA) is 105 Å². The molecule has 1 aliphatic heterocycles. The first-order valence-corrected chi connectivity index (χ1v) is 11.8. The van der Waals surface area contributed by atoms with E-state index in [0.717, 1.165) is 12.8 Å². The van der Waals surface area contributed by atoms with E-state index in [4.69, 9.17) is 18.9 Å². The maximum absolute atomic E-state index is 13.7. The lowest BCUT2D eigenvalue weighted by Gasteiger charge is -2.52. The van der Waals surface area contributed by atoms with Gasteiger partial charge in [0.05, 0.1) is 0 Å². The van der Waals surface area contributed by atoms with Crippen LogP contribution in [-0.2, 0) is 34.1 Å². The van der Waals surface area contributed by atoms with Gasteiger partial charge in [-0.1, -0.05) is 34.1 Å². The van der Waals surface area contributed by atoms with Gasteiger partial charge in [-0.2, -0.15) is 0 Å². The fraction of sp³-hybridized carbons (Fsp3) is 0.615. The summed E-state index contributed by atoms with van der Waals surface area (Å²) in [4.78, 5) is 50.2. The molecule has 4 atom stereocenters. The van der Waals surface area contributed by atoms with E-state index >= 15 is 0 Å². The maximum Gasteiger partial charge on any atom is 0.317 e. The lowest BCUT2D eigenvalue weighted by molar-refractivity contribution is -0.163. The number of hydrogen-bond donors (Lipinski definition) is 0. The van der Waals surface area contributed by atoms with Gasteiger partial charge in [-0.15, -0.1) is 0 Å². The summed E-state index contributed by atoms with van der Waals surface area (Å²) in [6.45, 7) is 11.8. The summed E-state index contributed by atoms with van der Waals surface area (Å²) in [6.07, 6.45) is 0.581. The van der Waals surface area contributed by atoms with Crippen molar-refractivity contribution in [3.8, 4) is 11.5 Å². The number of rotatable bonds is 4. The van der Waals surface area contributed by atoms with Crippen molar-refractivity contribution in [1.29, 1.82) is 0 Å². The van der Waals surface area contributed by atoms with Crippen molar-refractivity contribution in [1.82, 2.24) is 0 Å². The molecule has 4 rings (SSSR count). The van der Waals surface area contributed by atoms with E-state index in [9.17, 15) is 19.2 Å². The fourth-order valence-electron chi connectivity index (χ4n) is 6.44. The summed E-state index contributed by atoms with van der Waals surface area (Å²) in [6, 6.07) is 1.81. The average molecular weight is 473 g/mol. The van der Waals surface area contributed by atoms with E-state index in [-0.39, 0.29) is 28.7 Å². The van der Waals surface area contributed by atoms with Crippen LogP contribution in [0, 0.1) is 11.3 Å². The van der Waals surface area contributed by atoms with Crippen molar-refractivity contribution in [2.45, 2.75) is 91.3 Å². The second-order valence-corrected chi connectivity index (χ2v) is 10.6. The number of ether oxygens (including phenoxy) is 4. The smallest absolute Gasteiger partial charge is 0.317 e. The molecule has 0 amide bonds. The lowest BCUT2D eigenvalue weighted by atomic mass is 9.49. The Labute approximate surface area is 199 Å². The lowest BCUT2D eigenvalue weighted by Crippen LogP contribution is -2.54. The molecule has 1 saturated heterocycles. The molecule has 0 spiro atoms. The fourth-order valence-corrected chi connectivity index (χ4v) is 6.44. The highest BCUT2D eigenvalue weighted by Crippen LogP contribution is 2.67. The van der Waals surface area contributed by atoms with E-state index in [1.165, 1.54) is 20.8 Å². The summed E-state index contributed by atoms with van der Waals surface area (Å²) in [5, 5.41) is 0. The van der Waals surface area contributed by atoms with Crippen LogP contribution < -0.4 is 9.47 Å². The van der Waals surface area contributed by atoms with Gasteiger partial charge in [-0.3, -0.25) is 19.2 Å². The minimum Gasteiger partial charge on any atom is -0.457 e. The Morgan fingerprint density at radius 2 is 1.62 bits per heavy atom. The zero-order valence-corrected chi connectivity index (χ0v) is 20.8. The number of hydrogen-bond acceptors (Lipinski definition) is 8. The first-order chi connectivity index (χ1) is 15.8. The van der Waals surface area contributed by atoms with Gasteiger partial charge < -0.3 is 18.9 Å². The molecule has 0 radical (unpaired) electrons. The summed E-state index contributed by atoms with van der Waals surface area (Å²) >= 11 is 0. The average Bonchev–Trinajstić information content (AvgIpc) is 2.95. The van der Waals surface area contributed by atoms with Crippen molar-refractivity contribution in [2.75, 3.05) is 0 Å². The molecule has 184 valence electrons. The quantitative estimate of drug-likeness (QED) is 0.473. The molecule has 1 heterocycles. The number of esters is 4. The minimum atomic E-state index is -1.10. The number of carbonyl (C=O) groups excluding carboxylic acids is 4. The standard InChI is InChI=1S/C26H32O8/c1-12(2)16-11-17-18(21(33-15(5)29)19(16)31-13(3)27)26-10-8-9-25(6,7)23(26)22(34-24(26)30)20(17)32-14(4)28/h11-12,20,22-23H,8-10H2,1-7H3. The Morgan fingerprint density at radius 3 is 2.18 bits per heavy atom. The van der Waals surface area contributed by atoms with Crippen molar-refractivity contribution in [3.05, 3.63) is 22.8 Å². The van der Waals surface area contributed by atoms with Crippen molar-refractivity contribution in [3.63, 3.8) is 0 Å².